The van der Waals surface area contributed by atoms with E-state index in [1.807, 2.05) is 24.3 Å². The van der Waals surface area contributed by atoms with E-state index in [4.69, 9.17) is 13.9 Å². The number of rotatable bonds is 11. The smallest absolute Gasteiger partial charge is 0.286 e. The van der Waals surface area contributed by atoms with Gasteiger partial charge in [-0.05, 0) is 50.1 Å². The van der Waals surface area contributed by atoms with Crippen molar-refractivity contribution in [3.05, 3.63) is 53.5 Å². The zero-order chi connectivity index (χ0) is 19.6. The van der Waals surface area contributed by atoms with Crippen LogP contribution in [0, 0.1) is 0 Å². The van der Waals surface area contributed by atoms with Crippen molar-refractivity contribution in [2.45, 2.75) is 39.4 Å². The van der Waals surface area contributed by atoms with Crippen LogP contribution in [0.3, 0.4) is 0 Å². The number of furan rings is 1. The van der Waals surface area contributed by atoms with E-state index in [-0.39, 0.29) is 5.91 Å². The lowest BCUT2D eigenvalue weighted by molar-refractivity contribution is 0.0915. The average Bonchev–Trinajstić information content (AvgIpc) is 3.13. The van der Waals surface area contributed by atoms with Crippen LogP contribution in [-0.4, -0.2) is 44.2 Å². The van der Waals surface area contributed by atoms with E-state index in [0.717, 1.165) is 24.5 Å². The van der Waals surface area contributed by atoms with Crippen LogP contribution >= 0.6 is 0 Å². The minimum absolute atomic E-state index is 0.193. The minimum atomic E-state index is -0.193. The number of nitrogens with zero attached hydrogens (tertiary/aromatic N) is 1. The number of nitrogens with one attached hydrogen (secondary N) is 1. The Morgan fingerprint density at radius 2 is 2.00 bits per heavy atom. The van der Waals surface area contributed by atoms with Crippen molar-refractivity contribution < 1.29 is 18.7 Å². The highest BCUT2D eigenvalue weighted by Gasteiger charge is 2.16. The normalized spacial score (nSPS) is 11.2. The van der Waals surface area contributed by atoms with Crippen LogP contribution in [0.1, 0.15) is 42.1 Å². The topological polar surface area (TPSA) is 63.9 Å². The Morgan fingerprint density at radius 3 is 2.70 bits per heavy atom. The first-order valence-corrected chi connectivity index (χ1v) is 9.26. The first kappa shape index (κ1) is 21.0. The highest BCUT2D eigenvalue weighted by molar-refractivity contribution is 5.91. The van der Waals surface area contributed by atoms with Crippen molar-refractivity contribution in [1.29, 1.82) is 0 Å². The van der Waals surface area contributed by atoms with E-state index >= 15 is 0 Å². The molecular weight excluding hydrogens is 344 g/mol. The Bertz CT molecular complexity index is 712. The zero-order valence-electron chi connectivity index (χ0n) is 16.7. The highest BCUT2D eigenvalue weighted by atomic mass is 16.5. The minimum Gasteiger partial charge on any atom is -0.497 e. The number of amides is 1. The molecule has 2 aromatic rings. The molecule has 1 aromatic heterocycles. The summed E-state index contributed by atoms with van der Waals surface area (Å²) in [5.74, 6) is 1.77. The fourth-order valence-electron chi connectivity index (χ4n) is 2.72. The predicted octanol–water partition coefficient (Wildman–Crippen LogP) is 3.47. The third kappa shape index (κ3) is 6.73. The molecule has 6 nitrogen and oxygen atoms in total. The van der Waals surface area contributed by atoms with Gasteiger partial charge in [-0.3, -0.25) is 9.69 Å². The summed E-state index contributed by atoms with van der Waals surface area (Å²) in [6.45, 7) is 6.88. The Balaban J connectivity index is 1.96. The number of hydrogen-bond donors (Lipinski definition) is 1. The number of hydrogen-bond acceptors (Lipinski definition) is 5. The summed E-state index contributed by atoms with van der Waals surface area (Å²) in [5.41, 5.74) is 1.17. The Morgan fingerprint density at radius 1 is 1.19 bits per heavy atom. The van der Waals surface area contributed by atoms with Crippen molar-refractivity contribution >= 4 is 5.91 Å². The molecule has 0 unspecified atom stereocenters. The monoisotopic (exact) mass is 374 g/mol. The van der Waals surface area contributed by atoms with Gasteiger partial charge in [0.25, 0.3) is 5.91 Å². The molecule has 2 rings (SSSR count). The van der Waals surface area contributed by atoms with Gasteiger partial charge < -0.3 is 19.2 Å². The Labute approximate surface area is 161 Å². The summed E-state index contributed by atoms with van der Waals surface area (Å²) in [4.78, 5) is 14.4. The van der Waals surface area contributed by atoms with Gasteiger partial charge >= 0.3 is 0 Å². The second-order valence-electron chi connectivity index (χ2n) is 6.72. The molecule has 0 bridgehead atoms. The summed E-state index contributed by atoms with van der Waals surface area (Å²) in [7, 11) is 3.32. The summed E-state index contributed by atoms with van der Waals surface area (Å²) in [5, 5.41) is 2.84. The maximum absolute atomic E-state index is 12.1. The van der Waals surface area contributed by atoms with Crippen LogP contribution in [0.2, 0.25) is 0 Å². The fraction of sp³-hybridized carbons (Fsp3) is 0.476. The third-order valence-corrected chi connectivity index (χ3v) is 4.31. The summed E-state index contributed by atoms with van der Waals surface area (Å²) < 4.78 is 16.0. The van der Waals surface area contributed by atoms with Crippen molar-refractivity contribution in [2.75, 3.05) is 27.4 Å². The van der Waals surface area contributed by atoms with E-state index in [2.05, 4.69) is 30.1 Å². The van der Waals surface area contributed by atoms with E-state index in [9.17, 15) is 4.79 Å². The second kappa shape index (κ2) is 10.7. The number of carbonyl (C=O) groups is 1. The molecule has 0 radical (unpaired) electrons. The van der Waals surface area contributed by atoms with Crippen LogP contribution < -0.4 is 10.1 Å². The van der Waals surface area contributed by atoms with Crippen molar-refractivity contribution in [3.8, 4) is 5.75 Å². The van der Waals surface area contributed by atoms with Gasteiger partial charge in [-0.2, -0.15) is 0 Å². The van der Waals surface area contributed by atoms with Gasteiger partial charge in [-0.1, -0.05) is 12.1 Å². The van der Waals surface area contributed by atoms with Crippen molar-refractivity contribution in [3.63, 3.8) is 0 Å². The van der Waals surface area contributed by atoms with Crippen LogP contribution in [0.25, 0.3) is 0 Å². The lowest BCUT2D eigenvalue weighted by Crippen LogP contribution is -2.29. The second-order valence-corrected chi connectivity index (χ2v) is 6.72. The van der Waals surface area contributed by atoms with Gasteiger partial charge in [0.2, 0.25) is 0 Å². The van der Waals surface area contributed by atoms with Gasteiger partial charge in [0, 0.05) is 32.8 Å². The molecule has 6 heteroatoms. The molecule has 27 heavy (non-hydrogen) atoms. The molecule has 1 heterocycles. The van der Waals surface area contributed by atoms with E-state index in [1.165, 1.54) is 5.56 Å². The molecule has 0 fully saturated rings. The quantitative estimate of drug-likeness (QED) is 0.610. The predicted molar refractivity (Wildman–Crippen MR) is 105 cm³/mol. The molecule has 1 N–H and O–H groups in total. The van der Waals surface area contributed by atoms with Crippen LogP contribution in [-0.2, 0) is 17.8 Å². The van der Waals surface area contributed by atoms with Gasteiger partial charge in [-0.15, -0.1) is 0 Å². The van der Waals surface area contributed by atoms with Gasteiger partial charge in [-0.25, -0.2) is 0 Å². The standard InChI is InChI=1S/C21H30N2O4/c1-16(2)23(14-17-7-5-8-18(13-17)26-4)15-19-9-10-20(27-19)21(24)22-11-6-12-25-3/h5,7-10,13,16H,6,11-12,14-15H2,1-4H3,(H,22,24). The number of ether oxygens (including phenoxy) is 2. The molecule has 0 saturated heterocycles. The lowest BCUT2D eigenvalue weighted by Gasteiger charge is -2.25. The number of methoxy groups -OCH3 is 2. The molecule has 0 saturated carbocycles. The van der Waals surface area contributed by atoms with Gasteiger partial charge in [0.1, 0.15) is 11.5 Å². The van der Waals surface area contributed by atoms with Crippen molar-refractivity contribution in [2.24, 2.45) is 0 Å². The fourth-order valence-corrected chi connectivity index (χ4v) is 2.72. The zero-order valence-corrected chi connectivity index (χ0v) is 16.7. The third-order valence-electron chi connectivity index (χ3n) is 4.31. The summed E-state index contributed by atoms with van der Waals surface area (Å²) >= 11 is 0. The summed E-state index contributed by atoms with van der Waals surface area (Å²) in [6.07, 6.45) is 0.775. The summed E-state index contributed by atoms with van der Waals surface area (Å²) in [6, 6.07) is 12.0. The van der Waals surface area contributed by atoms with Gasteiger partial charge in [0.15, 0.2) is 5.76 Å². The molecule has 148 valence electrons. The molecule has 0 aliphatic carbocycles. The van der Waals surface area contributed by atoms with E-state index in [0.29, 0.717) is 31.5 Å². The first-order chi connectivity index (χ1) is 13.0. The molecule has 1 amide bonds. The molecule has 1 aromatic carbocycles. The molecule has 0 spiro atoms. The lowest BCUT2D eigenvalue weighted by atomic mass is 10.1. The molecule has 0 atom stereocenters. The number of benzene rings is 1. The van der Waals surface area contributed by atoms with E-state index < -0.39 is 0 Å². The maximum Gasteiger partial charge on any atom is 0.286 e. The van der Waals surface area contributed by atoms with Gasteiger partial charge in [0.05, 0.1) is 13.7 Å². The number of carbonyl (C=O) groups excluding carboxylic acids is 1. The van der Waals surface area contributed by atoms with E-state index in [1.54, 1.807) is 20.3 Å². The SMILES string of the molecule is COCCCNC(=O)c1ccc(CN(Cc2cccc(OC)c2)C(C)C)o1. The first-order valence-electron chi connectivity index (χ1n) is 9.26. The molecule has 0 aliphatic rings. The van der Waals surface area contributed by atoms with Crippen molar-refractivity contribution in [1.82, 2.24) is 10.2 Å². The maximum atomic E-state index is 12.1. The van der Waals surface area contributed by atoms with Crippen LogP contribution in [0.4, 0.5) is 0 Å². The highest BCUT2D eigenvalue weighted by Crippen LogP contribution is 2.18. The molecular formula is C21H30N2O4. The average molecular weight is 374 g/mol. The Hall–Kier alpha value is -2.31. The van der Waals surface area contributed by atoms with Crippen LogP contribution in [0.5, 0.6) is 5.75 Å². The van der Waals surface area contributed by atoms with Crippen LogP contribution in [0.15, 0.2) is 40.8 Å². The Kier molecular flexibility index (Phi) is 8.36. The molecule has 0 aliphatic heterocycles. The largest absolute Gasteiger partial charge is 0.497 e.